The molecule has 1 saturated carbocycles. The molecular formula is C29H23F4N3O6S. The van der Waals surface area contributed by atoms with E-state index < -0.39 is 36.0 Å². The van der Waals surface area contributed by atoms with Gasteiger partial charge in [0.1, 0.15) is 28.6 Å². The summed E-state index contributed by atoms with van der Waals surface area (Å²) in [5.41, 5.74) is -0.136. The van der Waals surface area contributed by atoms with Crippen LogP contribution < -0.4 is 9.64 Å². The number of para-hydroxylation sites is 1. The average Bonchev–Trinajstić information content (AvgIpc) is 3.43. The first-order valence-corrected chi connectivity index (χ1v) is 14.5. The largest absolute Gasteiger partial charge is 0.573 e. The Morgan fingerprint density at radius 3 is 2.47 bits per heavy atom. The number of rotatable bonds is 7. The molecule has 3 atom stereocenters. The van der Waals surface area contributed by atoms with Crippen LogP contribution in [0.2, 0.25) is 0 Å². The van der Waals surface area contributed by atoms with Crippen LogP contribution in [0, 0.1) is 5.82 Å². The van der Waals surface area contributed by atoms with Gasteiger partial charge in [-0.15, -0.1) is 13.2 Å². The third-order valence-corrected chi connectivity index (χ3v) is 9.12. The molecule has 1 N–H and O–H groups in total. The number of thiazole rings is 1. The summed E-state index contributed by atoms with van der Waals surface area (Å²) in [5, 5.41) is 13.8. The minimum absolute atomic E-state index is 0.00591. The summed E-state index contributed by atoms with van der Waals surface area (Å²) in [6.45, 7) is 0. The quantitative estimate of drug-likeness (QED) is 0.174. The van der Waals surface area contributed by atoms with Crippen molar-refractivity contribution in [3.63, 3.8) is 0 Å². The molecule has 3 aliphatic rings. The molecule has 9 nitrogen and oxygen atoms in total. The van der Waals surface area contributed by atoms with Crippen LogP contribution in [-0.2, 0) is 4.74 Å². The molecule has 0 amide bonds. The van der Waals surface area contributed by atoms with E-state index in [1.165, 1.54) is 35.6 Å². The fourth-order valence-electron chi connectivity index (χ4n) is 6.14. The molecule has 0 unspecified atom stereocenters. The number of carbonyl (C=O) groups is 2. The number of esters is 1. The number of fused-ring (bicyclic) bond motifs is 3. The van der Waals surface area contributed by atoms with Gasteiger partial charge < -0.3 is 24.0 Å². The van der Waals surface area contributed by atoms with Crippen molar-refractivity contribution in [2.24, 2.45) is 0 Å². The van der Waals surface area contributed by atoms with E-state index in [2.05, 4.69) is 19.8 Å². The second-order valence-corrected chi connectivity index (χ2v) is 12.0. The molecule has 4 aromatic rings. The Labute approximate surface area is 245 Å². The van der Waals surface area contributed by atoms with Crippen molar-refractivity contribution in [2.45, 2.75) is 69.0 Å². The first-order chi connectivity index (χ1) is 20.6. The highest BCUT2D eigenvalue weighted by Crippen LogP contribution is 2.47. The van der Waals surface area contributed by atoms with Crippen LogP contribution in [0.25, 0.3) is 21.5 Å². The van der Waals surface area contributed by atoms with E-state index in [9.17, 15) is 32.3 Å². The van der Waals surface area contributed by atoms with Gasteiger partial charge in [0.2, 0.25) is 0 Å². The highest BCUT2D eigenvalue weighted by Gasteiger charge is 2.45. The smallest absolute Gasteiger partial charge is 0.478 e. The van der Waals surface area contributed by atoms with Crippen molar-refractivity contribution in [1.82, 2.24) is 10.1 Å². The molecule has 224 valence electrons. The number of piperidine rings is 1. The van der Waals surface area contributed by atoms with Gasteiger partial charge in [0.05, 0.1) is 10.3 Å². The fraction of sp³-hybridized carbons (Fsp3) is 0.379. The molecule has 2 aliphatic heterocycles. The second kappa shape index (κ2) is 10.2. The molecule has 0 radical (unpaired) electrons. The first-order valence-electron chi connectivity index (χ1n) is 13.7. The van der Waals surface area contributed by atoms with Crippen LogP contribution in [-0.4, -0.2) is 51.7 Å². The van der Waals surface area contributed by atoms with Gasteiger partial charge in [-0.2, -0.15) is 0 Å². The summed E-state index contributed by atoms with van der Waals surface area (Å²) >= 11 is 1.22. The maximum absolute atomic E-state index is 14.6. The van der Waals surface area contributed by atoms with E-state index in [-0.39, 0.29) is 45.9 Å². The van der Waals surface area contributed by atoms with Gasteiger partial charge in [0, 0.05) is 36.4 Å². The number of carboxylic acids is 1. The third kappa shape index (κ3) is 5.17. The number of hydrogen-bond donors (Lipinski definition) is 1. The van der Waals surface area contributed by atoms with Crippen LogP contribution in [0.4, 0.5) is 22.7 Å². The van der Waals surface area contributed by atoms with Crippen molar-refractivity contribution in [3.05, 3.63) is 59.1 Å². The van der Waals surface area contributed by atoms with Gasteiger partial charge in [-0.05, 0) is 49.9 Å². The Balaban J connectivity index is 1.13. The summed E-state index contributed by atoms with van der Waals surface area (Å²) in [6, 6.07) is 7.69. The van der Waals surface area contributed by atoms with Crippen molar-refractivity contribution in [3.8, 4) is 17.0 Å². The Hall–Kier alpha value is -4.20. The van der Waals surface area contributed by atoms with Crippen LogP contribution in [0.5, 0.6) is 5.75 Å². The van der Waals surface area contributed by atoms with Crippen LogP contribution in [0.3, 0.4) is 0 Å². The molecule has 2 aromatic carbocycles. The Bertz CT molecular complexity index is 1740. The number of benzene rings is 2. The molecule has 2 saturated heterocycles. The Kier molecular flexibility index (Phi) is 6.56. The lowest BCUT2D eigenvalue weighted by atomic mass is 9.99. The monoisotopic (exact) mass is 617 g/mol. The number of hydrogen-bond acceptors (Lipinski definition) is 9. The number of halogens is 4. The summed E-state index contributed by atoms with van der Waals surface area (Å²) in [4.78, 5) is 31.6. The number of alkyl halides is 3. The van der Waals surface area contributed by atoms with Gasteiger partial charge in [-0.25, -0.2) is 19.0 Å². The summed E-state index contributed by atoms with van der Waals surface area (Å²) < 4.78 is 70.0. The standard InChI is InChI=1S/C29H23F4N3O6S/c30-19-9-14(26(37)38)10-21-24(19)34-28(43-21)36-15-7-8-16(36)12-17(11-15)40-27(39)22-23(35-42-25(22)13-5-6-13)18-3-1-2-4-20(18)41-29(31,32)33/h1-4,9-10,13,15-17H,5-8,11-12H2,(H,37,38)/t15-,16+,17-. The Morgan fingerprint density at radius 2 is 1.79 bits per heavy atom. The van der Waals surface area contributed by atoms with E-state index >= 15 is 0 Å². The van der Waals surface area contributed by atoms with E-state index in [0.717, 1.165) is 37.8 Å². The highest BCUT2D eigenvalue weighted by molar-refractivity contribution is 7.22. The van der Waals surface area contributed by atoms with Gasteiger partial charge >= 0.3 is 18.3 Å². The minimum Gasteiger partial charge on any atom is -0.478 e. The van der Waals surface area contributed by atoms with Crippen molar-refractivity contribution in [1.29, 1.82) is 0 Å². The maximum atomic E-state index is 14.6. The number of aromatic carboxylic acids is 1. The van der Waals surface area contributed by atoms with E-state index in [1.807, 2.05) is 0 Å². The second-order valence-electron chi connectivity index (χ2n) is 11.0. The molecule has 2 aromatic heterocycles. The zero-order valence-electron chi connectivity index (χ0n) is 22.3. The van der Waals surface area contributed by atoms with Crippen molar-refractivity contribution < 1.29 is 46.3 Å². The molecule has 1 aliphatic carbocycles. The number of carboxylic acid groups (broad SMARTS) is 1. The molecule has 2 bridgehead atoms. The average molecular weight is 618 g/mol. The lowest BCUT2D eigenvalue weighted by Gasteiger charge is -2.38. The lowest BCUT2D eigenvalue weighted by molar-refractivity contribution is -0.274. The maximum Gasteiger partial charge on any atom is 0.573 e. The van der Waals surface area contributed by atoms with Gasteiger partial charge in [0.25, 0.3) is 0 Å². The molecule has 43 heavy (non-hydrogen) atoms. The molecular weight excluding hydrogens is 594 g/mol. The number of anilines is 1. The SMILES string of the molecule is O=C(O)c1cc(F)c2nc(N3[C@@H]4CC[C@H]3C[C@H](OC(=O)c3c(-c5ccccc5OC(F)(F)F)noc3C3CC3)C4)sc2c1. The predicted octanol–water partition coefficient (Wildman–Crippen LogP) is 6.92. The zero-order chi connectivity index (χ0) is 30.0. The zero-order valence-corrected chi connectivity index (χ0v) is 23.1. The molecule has 4 heterocycles. The van der Waals surface area contributed by atoms with Crippen molar-refractivity contribution in [2.75, 3.05) is 4.90 Å². The summed E-state index contributed by atoms with van der Waals surface area (Å²) in [6.07, 6.45) is -1.38. The minimum atomic E-state index is -4.94. The normalized spacial score (nSPS) is 21.8. The summed E-state index contributed by atoms with van der Waals surface area (Å²) in [5.74, 6) is -2.93. The highest BCUT2D eigenvalue weighted by atomic mass is 32.1. The number of ether oxygens (including phenoxy) is 2. The Morgan fingerprint density at radius 1 is 1.07 bits per heavy atom. The van der Waals surface area contributed by atoms with Gasteiger partial charge in [0.15, 0.2) is 16.7 Å². The van der Waals surface area contributed by atoms with E-state index in [4.69, 9.17) is 9.26 Å². The number of carbonyl (C=O) groups excluding carboxylic acids is 1. The lowest BCUT2D eigenvalue weighted by Crippen LogP contribution is -2.46. The fourth-order valence-corrected chi connectivity index (χ4v) is 7.30. The third-order valence-electron chi connectivity index (χ3n) is 8.11. The molecule has 14 heteroatoms. The van der Waals surface area contributed by atoms with Gasteiger partial charge in [-0.3, -0.25) is 0 Å². The van der Waals surface area contributed by atoms with Gasteiger partial charge in [-0.1, -0.05) is 28.6 Å². The summed E-state index contributed by atoms with van der Waals surface area (Å²) in [7, 11) is 0. The number of aromatic nitrogens is 2. The topological polar surface area (TPSA) is 115 Å². The van der Waals surface area contributed by atoms with Crippen molar-refractivity contribution >= 4 is 38.6 Å². The number of nitrogens with zero attached hydrogens (tertiary/aromatic N) is 3. The van der Waals surface area contributed by atoms with Crippen LogP contribution >= 0.6 is 11.3 Å². The molecule has 7 rings (SSSR count). The van der Waals surface area contributed by atoms with E-state index in [1.54, 1.807) is 0 Å². The van der Waals surface area contributed by atoms with E-state index in [0.29, 0.717) is 28.4 Å². The van der Waals surface area contributed by atoms with Crippen LogP contribution in [0.15, 0.2) is 40.9 Å². The van der Waals surface area contributed by atoms with Crippen LogP contribution in [0.1, 0.15) is 70.9 Å². The molecule has 3 fully saturated rings. The first kappa shape index (κ1) is 27.6. The predicted molar refractivity (Wildman–Crippen MR) is 145 cm³/mol. The molecule has 0 spiro atoms.